The maximum absolute atomic E-state index is 12.8. The Labute approximate surface area is 201 Å². The topological polar surface area (TPSA) is 74.6 Å². The lowest BCUT2D eigenvalue weighted by atomic mass is 9.88. The summed E-state index contributed by atoms with van der Waals surface area (Å²) >= 11 is 11.1. The Morgan fingerprint density at radius 1 is 0.647 bits per heavy atom. The number of aliphatic hydroxyl groups is 2. The smallest absolute Gasteiger partial charge is 0.376 e. The fourth-order valence-electron chi connectivity index (χ4n) is 2.90. The molecule has 4 nitrogen and oxygen atoms in total. The number of carbonyl (C=O) groups is 2. The summed E-state index contributed by atoms with van der Waals surface area (Å²) in [6, 6.07) is 9.14. The average Bonchev–Trinajstić information content (AvgIpc) is 2.66. The predicted molar refractivity (Wildman–Crippen MR) is 113 cm³/mol. The molecule has 0 heterocycles. The number of Topliss-reactive ketones (excluding diaryl/α,β-unsaturated/α-hetero) is 2. The van der Waals surface area contributed by atoms with Crippen LogP contribution in [0.3, 0.4) is 0 Å². The second-order valence-electron chi connectivity index (χ2n) is 7.49. The molecule has 0 aliphatic heterocycles. The van der Waals surface area contributed by atoms with Crippen LogP contribution in [0, 0.1) is 0 Å². The second kappa shape index (κ2) is 11.1. The maximum atomic E-state index is 12.8. The zero-order valence-corrected chi connectivity index (χ0v) is 19.3. The number of carbonyl (C=O) groups excluding carboxylic acids is 2. The normalized spacial score (nSPS) is 15.4. The van der Waals surface area contributed by atoms with Gasteiger partial charge in [-0.1, -0.05) is 47.5 Å². The number of benzene rings is 2. The highest BCUT2D eigenvalue weighted by Gasteiger charge is 2.56. The summed E-state index contributed by atoms with van der Waals surface area (Å²) in [4.78, 5) is 21.7. The third-order valence-corrected chi connectivity index (χ3v) is 5.09. The van der Waals surface area contributed by atoms with E-state index in [4.69, 9.17) is 23.2 Å². The van der Waals surface area contributed by atoms with Crippen molar-refractivity contribution >= 4 is 34.8 Å². The number of hydrogen-bond donors (Lipinski definition) is 2. The van der Waals surface area contributed by atoms with Crippen LogP contribution in [0.15, 0.2) is 48.5 Å². The van der Waals surface area contributed by atoms with Gasteiger partial charge in [-0.15, -0.1) is 0 Å². The molecule has 0 amide bonds. The van der Waals surface area contributed by atoms with Gasteiger partial charge in [-0.05, 0) is 49.2 Å². The Morgan fingerprint density at radius 3 is 1.06 bits per heavy atom. The quantitative estimate of drug-likeness (QED) is 0.438. The van der Waals surface area contributed by atoms with E-state index >= 15 is 0 Å². The largest absolute Gasteiger partial charge is 0.421 e. The van der Waals surface area contributed by atoms with Crippen molar-refractivity contribution in [3.05, 3.63) is 69.7 Å². The molecule has 2 N–H and O–H groups in total. The minimum Gasteiger partial charge on any atom is -0.376 e. The van der Waals surface area contributed by atoms with Crippen molar-refractivity contribution in [2.24, 2.45) is 0 Å². The predicted octanol–water partition coefficient (Wildman–Crippen LogP) is 6.14. The second-order valence-corrected chi connectivity index (χ2v) is 8.36. The molecule has 0 bridgehead atoms. The molecule has 0 saturated heterocycles. The summed E-state index contributed by atoms with van der Waals surface area (Å²) in [5, 5.41) is 19.9. The Balaban J connectivity index is 0.000000340. The fraction of sp³-hybridized carbons (Fsp3) is 0.364. The highest BCUT2D eigenvalue weighted by atomic mass is 35.5. The first-order valence-corrected chi connectivity index (χ1v) is 10.2. The van der Waals surface area contributed by atoms with Gasteiger partial charge in [0.2, 0.25) is 0 Å². The Morgan fingerprint density at radius 2 is 0.882 bits per heavy atom. The van der Waals surface area contributed by atoms with E-state index < -0.39 is 59.1 Å². The van der Waals surface area contributed by atoms with Crippen LogP contribution in [-0.4, -0.2) is 34.1 Å². The molecule has 0 aromatic heterocycles. The van der Waals surface area contributed by atoms with Crippen molar-refractivity contribution in [3.63, 3.8) is 0 Å². The molecule has 2 rings (SSSR count). The molecule has 0 aliphatic rings. The summed E-state index contributed by atoms with van der Waals surface area (Å²) in [7, 11) is 0. The standard InChI is InChI=1S/2C11H10ClF3O2/c2*1-7(16)6-10(17,11(13,14)15)8-2-4-9(12)5-3-8/h2*2-5,17H,6H2,1H3/t2*10-/m00/s1. The van der Waals surface area contributed by atoms with E-state index in [2.05, 4.69) is 0 Å². The number of alkyl halides is 6. The lowest BCUT2D eigenvalue weighted by molar-refractivity contribution is -0.267. The van der Waals surface area contributed by atoms with Gasteiger partial charge in [0.05, 0.1) is 0 Å². The zero-order valence-electron chi connectivity index (χ0n) is 17.8. The van der Waals surface area contributed by atoms with Gasteiger partial charge >= 0.3 is 12.4 Å². The third kappa shape index (κ3) is 7.43. The Hall–Kier alpha value is -2.14. The number of hydrogen-bond acceptors (Lipinski definition) is 4. The van der Waals surface area contributed by atoms with E-state index in [1.165, 1.54) is 24.3 Å². The SMILES string of the molecule is CC(=O)C[C@](O)(c1ccc(Cl)cc1)C(F)(F)F.CC(=O)C[C@](O)(c1ccc(Cl)cc1)C(F)(F)F. The first-order chi connectivity index (χ1) is 15.3. The van der Waals surface area contributed by atoms with Crippen LogP contribution in [0.4, 0.5) is 26.3 Å². The van der Waals surface area contributed by atoms with Gasteiger partial charge in [-0.2, -0.15) is 26.3 Å². The molecule has 34 heavy (non-hydrogen) atoms. The van der Waals surface area contributed by atoms with E-state index in [0.717, 1.165) is 38.1 Å². The molecule has 12 heteroatoms. The zero-order chi connectivity index (χ0) is 26.5. The van der Waals surface area contributed by atoms with Gasteiger partial charge in [0.15, 0.2) is 11.2 Å². The van der Waals surface area contributed by atoms with Crippen LogP contribution >= 0.6 is 23.2 Å². The first kappa shape index (κ1) is 29.9. The van der Waals surface area contributed by atoms with Gasteiger partial charge < -0.3 is 10.2 Å². The van der Waals surface area contributed by atoms with E-state index in [1.54, 1.807) is 0 Å². The molecule has 0 aliphatic carbocycles. The number of ketones is 2. The van der Waals surface area contributed by atoms with Gasteiger partial charge in [-0.25, -0.2) is 0 Å². The van der Waals surface area contributed by atoms with E-state index in [-0.39, 0.29) is 10.0 Å². The highest BCUT2D eigenvalue weighted by molar-refractivity contribution is 6.30. The van der Waals surface area contributed by atoms with Crippen LogP contribution in [0.2, 0.25) is 10.0 Å². The maximum Gasteiger partial charge on any atom is 0.421 e. The van der Waals surface area contributed by atoms with E-state index in [9.17, 15) is 46.1 Å². The van der Waals surface area contributed by atoms with Crippen molar-refractivity contribution in [2.45, 2.75) is 50.2 Å². The molecular formula is C22H20Cl2F6O4. The van der Waals surface area contributed by atoms with Gasteiger partial charge in [-0.3, -0.25) is 9.59 Å². The van der Waals surface area contributed by atoms with Gasteiger partial charge in [0, 0.05) is 22.9 Å². The van der Waals surface area contributed by atoms with Crippen LogP contribution in [0.25, 0.3) is 0 Å². The Bertz CT molecular complexity index is 909. The summed E-state index contributed by atoms with van der Waals surface area (Å²) in [5.74, 6) is -1.50. The molecule has 188 valence electrons. The van der Waals surface area contributed by atoms with Crippen LogP contribution in [-0.2, 0) is 20.8 Å². The van der Waals surface area contributed by atoms with Crippen molar-refractivity contribution < 1.29 is 46.1 Å². The van der Waals surface area contributed by atoms with Crippen molar-refractivity contribution in [3.8, 4) is 0 Å². The van der Waals surface area contributed by atoms with Gasteiger partial charge in [0.25, 0.3) is 0 Å². The molecule has 0 spiro atoms. The monoisotopic (exact) mass is 532 g/mol. The van der Waals surface area contributed by atoms with Crippen molar-refractivity contribution in [1.82, 2.24) is 0 Å². The van der Waals surface area contributed by atoms with Crippen LogP contribution in [0.1, 0.15) is 37.8 Å². The van der Waals surface area contributed by atoms with Crippen LogP contribution < -0.4 is 0 Å². The highest BCUT2D eigenvalue weighted by Crippen LogP contribution is 2.43. The van der Waals surface area contributed by atoms with Crippen LogP contribution in [0.5, 0.6) is 0 Å². The number of rotatable bonds is 6. The molecule has 0 unspecified atom stereocenters. The molecule has 2 aromatic carbocycles. The summed E-state index contributed by atoms with van der Waals surface area (Å²) in [5.41, 5.74) is -7.12. The first-order valence-electron chi connectivity index (χ1n) is 9.42. The minimum atomic E-state index is -4.92. The van der Waals surface area contributed by atoms with E-state index in [0.29, 0.717) is 0 Å². The third-order valence-electron chi connectivity index (χ3n) is 4.59. The average molecular weight is 533 g/mol. The van der Waals surface area contributed by atoms with Crippen molar-refractivity contribution in [2.75, 3.05) is 0 Å². The summed E-state index contributed by atoms with van der Waals surface area (Å²) in [6.45, 7) is 1.99. The lowest BCUT2D eigenvalue weighted by Gasteiger charge is -2.30. The van der Waals surface area contributed by atoms with E-state index in [1.807, 2.05) is 0 Å². The lowest BCUT2D eigenvalue weighted by Crippen LogP contribution is -2.43. The Kier molecular flexibility index (Phi) is 9.73. The minimum absolute atomic E-state index is 0.251. The molecular weight excluding hydrogens is 513 g/mol. The molecule has 0 fully saturated rings. The molecule has 0 radical (unpaired) electrons. The molecule has 2 aromatic rings. The summed E-state index contributed by atoms with van der Waals surface area (Å²) in [6.07, 6.45) is -11.9. The van der Waals surface area contributed by atoms with Crippen molar-refractivity contribution in [1.29, 1.82) is 0 Å². The van der Waals surface area contributed by atoms with Gasteiger partial charge in [0.1, 0.15) is 11.6 Å². The fourth-order valence-corrected chi connectivity index (χ4v) is 3.16. The molecule has 0 saturated carbocycles. The number of halogens is 8. The molecule has 2 atom stereocenters. The summed E-state index contributed by atoms with van der Waals surface area (Å²) < 4.78 is 76.9.